The third-order valence-electron chi connectivity index (χ3n) is 2.71. The molecule has 0 bridgehead atoms. The van der Waals surface area contributed by atoms with E-state index in [-0.39, 0.29) is 18.0 Å². The minimum absolute atomic E-state index is 0.132. The van der Waals surface area contributed by atoms with E-state index in [0.717, 1.165) is 0 Å². The van der Waals surface area contributed by atoms with Gasteiger partial charge >= 0.3 is 0 Å². The molecule has 0 spiro atoms. The molecule has 0 fully saturated rings. The number of amides is 1. The molecular formula is C12H12N4O3S2. The number of aromatic nitrogens is 2. The van der Waals surface area contributed by atoms with Gasteiger partial charge in [-0.05, 0) is 19.1 Å². The SMILES string of the molecule is C[C@@H](Sc1nnc(N)s1)C(=O)Nc1ccc2c(c1)OCO2. The molecule has 0 unspecified atom stereocenters. The number of rotatable bonds is 4. The van der Waals surface area contributed by atoms with Gasteiger partial charge in [-0.3, -0.25) is 4.79 Å². The average molecular weight is 324 g/mol. The first kappa shape index (κ1) is 14.0. The van der Waals surface area contributed by atoms with E-state index in [2.05, 4.69) is 15.5 Å². The number of carbonyl (C=O) groups is 1. The van der Waals surface area contributed by atoms with E-state index in [1.165, 1.54) is 23.1 Å². The number of nitrogens with two attached hydrogens (primary N) is 1. The van der Waals surface area contributed by atoms with E-state index >= 15 is 0 Å². The van der Waals surface area contributed by atoms with Crippen molar-refractivity contribution in [2.75, 3.05) is 17.8 Å². The Morgan fingerprint density at radius 1 is 1.43 bits per heavy atom. The van der Waals surface area contributed by atoms with Gasteiger partial charge in [0.1, 0.15) is 0 Å². The normalized spacial score (nSPS) is 14.0. The standard InChI is InChI=1S/C12H12N4O3S2/c1-6(20-12-16-15-11(13)21-12)10(17)14-7-2-3-8-9(4-7)19-5-18-8/h2-4,6H,5H2,1H3,(H2,13,15)(H,14,17)/t6-/m1/s1. The second-order valence-corrected chi connectivity index (χ2v) is 6.82. The summed E-state index contributed by atoms with van der Waals surface area (Å²) in [5, 5.41) is 10.5. The predicted octanol–water partition coefficient (Wildman–Crippen LogP) is 1.97. The second kappa shape index (κ2) is 5.78. The Morgan fingerprint density at radius 2 is 2.24 bits per heavy atom. The van der Waals surface area contributed by atoms with Gasteiger partial charge < -0.3 is 20.5 Å². The smallest absolute Gasteiger partial charge is 0.237 e. The second-order valence-electron chi connectivity index (χ2n) is 4.22. The van der Waals surface area contributed by atoms with Crippen molar-refractivity contribution >= 4 is 39.8 Å². The number of hydrogen-bond donors (Lipinski definition) is 2. The van der Waals surface area contributed by atoms with Crippen LogP contribution in [0, 0.1) is 0 Å². The van der Waals surface area contributed by atoms with Gasteiger partial charge in [0, 0.05) is 11.8 Å². The van der Waals surface area contributed by atoms with E-state index < -0.39 is 0 Å². The van der Waals surface area contributed by atoms with Crippen LogP contribution in [0.5, 0.6) is 11.5 Å². The molecule has 3 rings (SSSR count). The third-order valence-corrected chi connectivity index (χ3v) is 4.65. The molecule has 2 heterocycles. The van der Waals surface area contributed by atoms with Gasteiger partial charge in [0.2, 0.25) is 17.8 Å². The molecule has 0 aliphatic carbocycles. The molecule has 1 aromatic carbocycles. The summed E-state index contributed by atoms with van der Waals surface area (Å²) in [6.07, 6.45) is 0. The summed E-state index contributed by atoms with van der Waals surface area (Å²) in [6.45, 7) is 2.00. The van der Waals surface area contributed by atoms with E-state index in [4.69, 9.17) is 15.2 Å². The van der Waals surface area contributed by atoms with Gasteiger partial charge in [-0.1, -0.05) is 23.1 Å². The maximum absolute atomic E-state index is 12.1. The van der Waals surface area contributed by atoms with Crippen LogP contribution >= 0.6 is 23.1 Å². The van der Waals surface area contributed by atoms with Crippen molar-refractivity contribution < 1.29 is 14.3 Å². The maximum Gasteiger partial charge on any atom is 0.237 e. The van der Waals surface area contributed by atoms with Crippen molar-refractivity contribution in [1.82, 2.24) is 10.2 Å². The molecule has 1 aliphatic heterocycles. The maximum atomic E-state index is 12.1. The fourth-order valence-corrected chi connectivity index (χ4v) is 3.47. The van der Waals surface area contributed by atoms with Gasteiger partial charge in [-0.2, -0.15) is 0 Å². The van der Waals surface area contributed by atoms with Gasteiger partial charge in [0.05, 0.1) is 5.25 Å². The summed E-state index contributed by atoms with van der Waals surface area (Å²) in [7, 11) is 0. The van der Waals surface area contributed by atoms with Crippen LogP contribution in [0.15, 0.2) is 22.5 Å². The number of hydrogen-bond acceptors (Lipinski definition) is 8. The molecular weight excluding hydrogens is 312 g/mol. The van der Waals surface area contributed by atoms with Gasteiger partial charge in [0.25, 0.3) is 0 Å². The summed E-state index contributed by atoms with van der Waals surface area (Å²) in [5.74, 6) is 1.18. The highest BCUT2D eigenvalue weighted by Gasteiger charge is 2.19. The largest absolute Gasteiger partial charge is 0.454 e. The molecule has 0 saturated carbocycles. The number of fused-ring (bicyclic) bond motifs is 1. The summed E-state index contributed by atoms with van der Waals surface area (Å²) >= 11 is 2.57. The Morgan fingerprint density at radius 3 is 3.00 bits per heavy atom. The van der Waals surface area contributed by atoms with Crippen molar-refractivity contribution in [3.05, 3.63) is 18.2 Å². The van der Waals surface area contributed by atoms with Crippen LogP contribution in [0.3, 0.4) is 0 Å². The number of thioether (sulfide) groups is 1. The molecule has 9 heteroatoms. The highest BCUT2D eigenvalue weighted by Crippen LogP contribution is 2.34. The van der Waals surface area contributed by atoms with Crippen molar-refractivity contribution in [2.24, 2.45) is 0 Å². The van der Waals surface area contributed by atoms with Crippen LogP contribution in [-0.4, -0.2) is 28.1 Å². The number of ether oxygens (including phenoxy) is 2. The van der Waals surface area contributed by atoms with Crippen molar-refractivity contribution in [3.63, 3.8) is 0 Å². The topological polar surface area (TPSA) is 99.4 Å². The molecule has 110 valence electrons. The molecule has 1 atom stereocenters. The Kier molecular flexibility index (Phi) is 3.84. The lowest BCUT2D eigenvalue weighted by Gasteiger charge is -2.10. The van der Waals surface area contributed by atoms with Crippen molar-refractivity contribution in [1.29, 1.82) is 0 Å². The van der Waals surface area contributed by atoms with Gasteiger partial charge in [-0.15, -0.1) is 10.2 Å². The number of anilines is 2. The summed E-state index contributed by atoms with van der Waals surface area (Å²) in [6, 6.07) is 5.27. The zero-order valence-corrected chi connectivity index (χ0v) is 12.7. The number of nitrogens with zero attached hydrogens (tertiary/aromatic N) is 2. The molecule has 0 radical (unpaired) electrons. The van der Waals surface area contributed by atoms with Crippen LogP contribution in [0.1, 0.15) is 6.92 Å². The number of nitrogen functional groups attached to an aromatic ring is 1. The highest BCUT2D eigenvalue weighted by molar-refractivity contribution is 8.02. The third kappa shape index (κ3) is 3.19. The van der Waals surface area contributed by atoms with E-state index in [1.807, 2.05) is 0 Å². The highest BCUT2D eigenvalue weighted by atomic mass is 32.2. The monoisotopic (exact) mass is 324 g/mol. The number of benzene rings is 1. The Labute approximate surface area is 128 Å². The quantitative estimate of drug-likeness (QED) is 0.829. The zero-order chi connectivity index (χ0) is 14.8. The van der Waals surface area contributed by atoms with Crippen molar-refractivity contribution in [3.8, 4) is 11.5 Å². The zero-order valence-electron chi connectivity index (χ0n) is 11.0. The van der Waals surface area contributed by atoms with E-state index in [9.17, 15) is 4.79 Å². The molecule has 1 amide bonds. The lowest BCUT2D eigenvalue weighted by atomic mass is 10.2. The first-order valence-corrected chi connectivity index (χ1v) is 7.77. The average Bonchev–Trinajstić information content (AvgIpc) is 3.07. The minimum Gasteiger partial charge on any atom is -0.454 e. The predicted molar refractivity (Wildman–Crippen MR) is 80.8 cm³/mol. The summed E-state index contributed by atoms with van der Waals surface area (Å²) < 4.78 is 11.2. The van der Waals surface area contributed by atoms with E-state index in [0.29, 0.717) is 26.7 Å². The van der Waals surface area contributed by atoms with Crippen molar-refractivity contribution in [2.45, 2.75) is 16.5 Å². The first-order chi connectivity index (χ1) is 10.1. The fourth-order valence-electron chi connectivity index (χ4n) is 1.69. The number of carbonyl (C=O) groups excluding carboxylic acids is 1. The van der Waals surface area contributed by atoms with Gasteiger partial charge in [-0.25, -0.2) is 0 Å². The molecule has 0 saturated heterocycles. The van der Waals surface area contributed by atoms with Crippen LogP contribution < -0.4 is 20.5 Å². The Balaban J connectivity index is 1.63. The minimum atomic E-state index is -0.317. The molecule has 2 aromatic rings. The molecule has 1 aromatic heterocycles. The van der Waals surface area contributed by atoms with Crippen LogP contribution in [0.4, 0.5) is 10.8 Å². The van der Waals surface area contributed by atoms with Crippen LogP contribution in [0.25, 0.3) is 0 Å². The lowest BCUT2D eigenvalue weighted by Crippen LogP contribution is -2.22. The molecule has 21 heavy (non-hydrogen) atoms. The van der Waals surface area contributed by atoms with Crippen LogP contribution in [0.2, 0.25) is 0 Å². The summed E-state index contributed by atoms with van der Waals surface area (Å²) in [4.78, 5) is 12.1. The van der Waals surface area contributed by atoms with E-state index in [1.54, 1.807) is 25.1 Å². The molecule has 3 N–H and O–H groups in total. The Hall–Kier alpha value is -2.00. The first-order valence-electron chi connectivity index (χ1n) is 6.08. The molecule has 1 aliphatic rings. The molecule has 7 nitrogen and oxygen atoms in total. The Bertz CT molecular complexity index is 676. The lowest BCUT2D eigenvalue weighted by molar-refractivity contribution is -0.115. The number of nitrogens with one attached hydrogen (secondary N) is 1. The summed E-state index contributed by atoms with van der Waals surface area (Å²) in [5.41, 5.74) is 6.17. The van der Waals surface area contributed by atoms with Crippen LogP contribution in [-0.2, 0) is 4.79 Å². The fraction of sp³-hybridized carbons (Fsp3) is 0.250. The van der Waals surface area contributed by atoms with Gasteiger partial charge in [0.15, 0.2) is 15.8 Å².